The van der Waals surface area contributed by atoms with Crippen molar-refractivity contribution in [3.05, 3.63) is 107 Å². The molecule has 2 fully saturated rings. The van der Waals surface area contributed by atoms with Gasteiger partial charge in [-0.25, -0.2) is 9.59 Å². The molecule has 0 saturated carbocycles. The van der Waals surface area contributed by atoms with Gasteiger partial charge < -0.3 is 89.4 Å². The van der Waals surface area contributed by atoms with Crippen molar-refractivity contribution in [2.24, 2.45) is 11.8 Å². The van der Waals surface area contributed by atoms with Crippen molar-refractivity contribution in [2.75, 3.05) is 93.7 Å². The number of carboxylic acids is 1. The summed E-state index contributed by atoms with van der Waals surface area (Å²) < 4.78 is 51.7. The third-order valence-corrected chi connectivity index (χ3v) is 16.1. The van der Waals surface area contributed by atoms with Crippen molar-refractivity contribution in [1.82, 2.24) is 50.3 Å². The van der Waals surface area contributed by atoms with E-state index in [0.717, 1.165) is 74.0 Å². The van der Waals surface area contributed by atoms with E-state index >= 15 is 0 Å². The molecule has 30 heteroatoms. The Balaban J connectivity index is 0.000000237. The van der Waals surface area contributed by atoms with E-state index in [9.17, 15) is 33.9 Å². The number of anilines is 6. The lowest BCUT2D eigenvalue weighted by Crippen LogP contribution is -2.44. The lowest BCUT2D eigenvalue weighted by Gasteiger charge is -2.24. The zero-order valence-electron chi connectivity index (χ0n) is 59.4. The molecule has 2 aromatic heterocycles. The van der Waals surface area contributed by atoms with Crippen LogP contribution in [-0.4, -0.2) is 176 Å². The lowest BCUT2D eigenvalue weighted by molar-refractivity contribution is -0.148. The summed E-state index contributed by atoms with van der Waals surface area (Å²) in [5.74, 6) is -1.17. The van der Waals surface area contributed by atoms with Crippen molar-refractivity contribution in [1.29, 1.82) is 0 Å². The fourth-order valence-corrected chi connectivity index (χ4v) is 11.2. The van der Waals surface area contributed by atoms with Gasteiger partial charge in [-0.1, -0.05) is 24.3 Å². The van der Waals surface area contributed by atoms with Crippen LogP contribution in [0.1, 0.15) is 146 Å². The number of fused-ring (bicyclic) bond motifs is 20. The number of amides is 4. The highest BCUT2D eigenvalue weighted by Crippen LogP contribution is 2.32. The molecule has 102 heavy (non-hydrogen) atoms. The Labute approximate surface area is 593 Å². The number of likely N-dealkylation sites (tertiary alicyclic amines) is 2. The van der Waals surface area contributed by atoms with E-state index in [2.05, 4.69) is 61.8 Å². The number of nitrogens with zero attached hydrogens (tertiary/aromatic N) is 8. The number of ether oxygens (including phenoxy) is 9. The van der Waals surface area contributed by atoms with Gasteiger partial charge in [-0.15, -0.1) is 0 Å². The monoisotopic (exact) mass is 1410 g/mol. The smallest absolute Gasteiger partial charge is 0.410 e. The molecule has 6 aliphatic rings. The predicted molar refractivity (Wildman–Crippen MR) is 377 cm³/mol. The number of carbonyl (C=O) groups excluding carboxylic acids is 5. The van der Waals surface area contributed by atoms with Crippen LogP contribution in [0, 0.1) is 11.8 Å². The van der Waals surface area contributed by atoms with E-state index in [1.54, 1.807) is 84.9 Å². The minimum atomic E-state index is -1.13. The number of hydrogen-bond acceptors (Lipinski definition) is 25. The third-order valence-electron chi connectivity index (χ3n) is 16.1. The molecule has 6 aliphatic heterocycles. The maximum Gasteiger partial charge on any atom is 0.410 e. The van der Waals surface area contributed by atoms with E-state index in [0.29, 0.717) is 81.8 Å². The van der Waals surface area contributed by atoms with Crippen molar-refractivity contribution in [3.8, 4) is 35.0 Å². The van der Waals surface area contributed by atoms with E-state index in [4.69, 9.17) is 42.6 Å². The van der Waals surface area contributed by atoms with Gasteiger partial charge in [0.25, 0.3) is 11.8 Å². The minimum Gasteiger partial charge on any atom is -0.494 e. The van der Waals surface area contributed by atoms with Gasteiger partial charge in [-0.2, -0.15) is 29.9 Å². The zero-order chi connectivity index (χ0) is 72.8. The van der Waals surface area contributed by atoms with Crippen LogP contribution in [0.3, 0.4) is 0 Å². The largest absolute Gasteiger partial charge is 0.494 e. The van der Waals surface area contributed by atoms with E-state index in [1.165, 1.54) is 9.80 Å². The maximum atomic E-state index is 13.9. The molecule has 0 spiro atoms. The Kier molecular flexibility index (Phi) is 26.7. The van der Waals surface area contributed by atoms with Crippen molar-refractivity contribution < 1.29 is 76.5 Å². The Morgan fingerprint density at radius 3 is 1.27 bits per heavy atom. The van der Waals surface area contributed by atoms with Crippen LogP contribution in [0.2, 0.25) is 0 Å². The molecule has 30 nitrogen and oxygen atoms in total. The quantitative estimate of drug-likeness (QED) is 0.0468. The van der Waals surface area contributed by atoms with Gasteiger partial charge >= 0.3 is 36.1 Å². The first-order valence-electron chi connectivity index (χ1n) is 34.7. The first kappa shape index (κ1) is 75.5. The Bertz CT molecular complexity index is 3820. The zero-order valence-corrected chi connectivity index (χ0v) is 59.4. The molecule has 4 atom stereocenters. The van der Waals surface area contributed by atoms with Crippen LogP contribution < -0.4 is 60.3 Å². The molecular formula is C72H94N14O16. The maximum absolute atomic E-state index is 13.9. The highest BCUT2D eigenvalue weighted by molar-refractivity contribution is 5.99. The summed E-state index contributed by atoms with van der Waals surface area (Å²) in [5.41, 5.74) is 2.12. The Morgan fingerprint density at radius 1 is 0.490 bits per heavy atom. The van der Waals surface area contributed by atoms with Crippen molar-refractivity contribution >= 4 is 71.1 Å². The lowest BCUT2D eigenvalue weighted by atomic mass is 10.0. The third kappa shape index (κ3) is 22.9. The van der Waals surface area contributed by atoms with E-state index in [1.807, 2.05) is 62.4 Å². The molecule has 0 radical (unpaired) electrons. The number of carboxylic acid groups (broad SMARTS) is 1. The van der Waals surface area contributed by atoms with Gasteiger partial charge in [-0.3, -0.25) is 19.2 Å². The van der Waals surface area contributed by atoms with Crippen LogP contribution in [0.15, 0.2) is 84.9 Å². The number of carbonyl (C=O) groups is 6. The summed E-state index contributed by atoms with van der Waals surface area (Å²) in [5, 5.41) is 28.5. The van der Waals surface area contributed by atoms with Gasteiger partial charge in [0.05, 0.1) is 81.3 Å². The molecule has 8 heterocycles. The minimum absolute atomic E-state index is 0.0142. The van der Waals surface area contributed by atoms with Crippen LogP contribution >= 0.6 is 0 Å². The molecule has 6 aromatic rings. The number of hydrogen-bond donors (Lipinski definition) is 7. The molecule has 4 amide bonds. The number of aromatic nitrogens is 6. The summed E-state index contributed by atoms with van der Waals surface area (Å²) in [6.45, 7) is 19.6. The van der Waals surface area contributed by atoms with Crippen LogP contribution in [0.25, 0.3) is 0 Å². The summed E-state index contributed by atoms with van der Waals surface area (Å²) in [7, 11) is 0. The molecule has 7 N–H and O–H groups in total. The number of benzene rings is 4. The van der Waals surface area contributed by atoms with E-state index in [-0.39, 0.29) is 73.6 Å². The fraction of sp³-hybridized carbons (Fsp3) is 0.500. The van der Waals surface area contributed by atoms with Crippen molar-refractivity contribution in [2.45, 2.75) is 150 Å². The molecule has 0 aliphatic carbocycles. The number of rotatable bonds is 11. The second-order valence-electron chi connectivity index (χ2n) is 26.5. The van der Waals surface area contributed by atoms with Crippen LogP contribution in [0.4, 0.5) is 44.8 Å². The molecule has 2 saturated heterocycles. The number of aliphatic carboxylic acids is 1. The average molecular weight is 1410 g/mol. The van der Waals surface area contributed by atoms with Gasteiger partial charge in [0.1, 0.15) is 34.2 Å². The molecular weight excluding hydrogens is 1320 g/mol. The van der Waals surface area contributed by atoms with Gasteiger partial charge in [-0.05, 0) is 173 Å². The summed E-state index contributed by atoms with van der Waals surface area (Å²) in [4.78, 5) is 108. The number of esters is 1. The Hall–Kier alpha value is -10.7. The topological polar surface area (TPSA) is 362 Å². The summed E-state index contributed by atoms with van der Waals surface area (Å²) in [6.07, 6.45) is 5.75. The van der Waals surface area contributed by atoms with Crippen LogP contribution in [-0.2, 0) is 36.9 Å². The Morgan fingerprint density at radius 2 is 0.882 bits per heavy atom. The number of nitrogens with one attached hydrogen (secondary N) is 6. The normalized spacial score (nSPS) is 18.1. The second-order valence-corrected chi connectivity index (χ2v) is 26.5. The molecule has 0 unspecified atom stereocenters. The fourth-order valence-electron chi connectivity index (χ4n) is 11.2. The van der Waals surface area contributed by atoms with Gasteiger partial charge in [0, 0.05) is 62.8 Å². The van der Waals surface area contributed by atoms with E-state index < -0.39 is 71.1 Å². The standard InChI is InChI=1S/C37H49N7O8.C35H45N7O8/c1-6-48-32(46)28-22-44(36(47)52-37(3,4)5)23-29(28)40-31(45)27-17-14-25-20-30(27)51-19-11-9-8-10-18-50-26-15-12-24(13-16-26)21-38-33-41-34(39-25)43-35(42-33)49-7-2;1-5-47-33-40-31-36-19-22-10-13-24(14-11-22)48-16-8-6-7-9-17-49-28-18-23(37-32(39-31)41-33)12-15-25(28)29(43)38-27-21-42(20-26(27)30(44)45)34(46)50-35(2,3)4/h12-17,20,28-29H,6-11,18-19,21-23H2,1-5H3,(H,40,45)(H2,38,39,41,42,43);10-15,18,26-27H,5-9,16-17,19-21H2,1-4H3,(H,38,43)(H,44,45)(H2,36,37,39,40,41)/t28-,29+;26-,27+/m00/s1. The summed E-state index contributed by atoms with van der Waals surface area (Å²) in [6, 6.07) is 24.4. The molecule has 12 rings (SSSR count). The first-order valence-corrected chi connectivity index (χ1v) is 34.7. The van der Waals surface area contributed by atoms with Gasteiger partial charge in [0.2, 0.25) is 23.8 Å². The molecule has 548 valence electrons. The van der Waals surface area contributed by atoms with Crippen LogP contribution in [0.5, 0.6) is 35.0 Å². The average Bonchev–Trinajstić information content (AvgIpc) is 1.58. The SMILES string of the molecule is CCOC(=O)[C@H]1CN(C(=O)OC(C)(C)C)C[C@H]1NC(=O)c1ccc2cc1OCCCCCCOc1ccc(cc1)CNc1nc(nc(OCC)n1)N2.CCOc1nc2nc(n1)Nc1ccc(C(=O)N[C@@H]3CN(C(=O)OC(C)(C)C)C[C@@H]3C(=O)O)c(c1)OCCCCCCOc1ccc(cc1)CN2. The van der Waals surface area contributed by atoms with Crippen molar-refractivity contribution in [3.63, 3.8) is 0 Å². The highest BCUT2D eigenvalue weighted by atomic mass is 16.6. The highest BCUT2D eigenvalue weighted by Gasteiger charge is 2.44. The summed E-state index contributed by atoms with van der Waals surface area (Å²) >= 11 is 0. The predicted octanol–water partition coefficient (Wildman–Crippen LogP) is 10.5. The molecule has 12 bridgehead atoms. The van der Waals surface area contributed by atoms with Gasteiger partial charge in [0.15, 0.2) is 0 Å². The second kappa shape index (κ2) is 36.1. The first-order chi connectivity index (χ1) is 49.0. The molecule has 4 aromatic carbocycles.